The van der Waals surface area contributed by atoms with E-state index in [0.717, 1.165) is 29.4 Å². The molecule has 2 rings (SSSR count). The molecule has 0 bridgehead atoms. The average molecular weight is 310 g/mol. The molecule has 0 spiro atoms. The summed E-state index contributed by atoms with van der Waals surface area (Å²) in [4.78, 5) is 9.10. The van der Waals surface area contributed by atoms with Crippen LogP contribution in [0.2, 0.25) is 10.0 Å². The molecule has 20 heavy (non-hydrogen) atoms. The molecule has 1 N–H and O–H groups in total. The van der Waals surface area contributed by atoms with Crippen molar-refractivity contribution in [3.63, 3.8) is 0 Å². The SMILES string of the molecule is CCNc1cc(-c2ccc(Cl)cc2Cl)nc(C(C)C)n1. The second-order valence-corrected chi connectivity index (χ2v) is 5.65. The molecule has 0 unspecified atom stereocenters. The van der Waals surface area contributed by atoms with Gasteiger partial charge in [-0.05, 0) is 25.1 Å². The Bertz CT molecular complexity index is 612. The topological polar surface area (TPSA) is 37.8 Å². The standard InChI is InChI=1S/C15H17Cl2N3/c1-4-18-14-8-13(19-15(20-14)9(2)3)11-6-5-10(16)7-12(11)17/h5-9H,4H2,1-3H3,(H,18,19,20). The van der Waals surface area contributed by atoms with Gasteiger partial charge in [-0.25, -0.2) is 9.97 Å². The predicted molar refractivity (Wildman–Crippen MR) is 85.7 cm³/mol. The number of hydrogen-bond donors (Lipinski definition) is 1. The van der Waals surface area contributed by atoms with Crippen LogP contribution in [0.1, 0.15) is 32.5 Å². The Labute approximate surface area is 129 Å². The van der Waals surface area contributed by atoms with Crippen LogP contribution in [0.5, 0.6) is 0 Å². The van der Waals surface area contributed by atoms with E-state index >= 15 is 0 Å². The van der Waals surface area contributed by atoms with Crippen LogP contribution < -0.4 is 5.32 Å². The van der Waals surface area contributed by atoms with Crippen LogP contribution in [-0.2, 0) is 0 Å². The molecule has 0 aliphatic rings. The Morgan fingerprint density at radius 3 is 2.50 bits per heavy atom. The summed E-state index contributed by atoms with van der Waals surface area (Å²) in [6.45, 7) is 6.98. The first-order valence-corrected chi connectivity index (χ1v) is 7.35. The summed E-state index contributed by atoms with van der Waals surface area (Å²) >= 11 is 12.2. The molecular formula is C15H17Cl2N3. The van der Waals surface area contributed by atoms with Crippen LogP contribution in [-0.4, -0.2) is 16.5 Å². The molecule has 0 aliphatic carbocycles. The van der Waals surface area contributed by atoms with Crippen molar-refractivity contribution in [1.82, 2.24) is 9.97 Å². The van der Waals surface area contributed by atoms with Crippen molar-refractivity contribution in [2.24, 2.45) is 0 Å². The number of hydrogen-bond acceptors (Lipinski definition) is 3. The minimum absolute atomic E-state index is 0.249. The molecule has 0 saturated heterocycles. The summed E-state index contributed by atoms with van der Waals surface area (Å²) in [7, 11) is 0. The molecule has 0 radical (unpaired) electrons. The number of nitrogens with one attached hydrogen (secondary N) is 1. The highest BCUT2D eigenvalue weighted by molar-refractivity contribution is 6.36. The molecule has 106 valence electrons. The van der Waals surface area contributed by atoms with Gasteiger partial charge in [0.25, 0.3) is 0 Å². The number of halogens is 2. The van der Waals surface area contributed by atoms with Gasteiger partial charge in [-0.15, -0.1) is 0 Å². The summed E-state index contributed by atoms with van der Waals surface area (Å²) in [6, 6.07) is 7.33. The third kappa shape index (κ3) is 3.41. The summed E-state index contributed by atoms with van der Waals surface area (Å²) in [5, 5.41) is 4.43. The Balaban J connectivity index is 2.54. The van der Waals surface area contributed by atoms with Gasteiger partial charge in [0.2, 0.25) is 0 Å². The third-order valence-electron chi connectivity index (χ3n) is 2.82. The van der Waals surface area contributed by atoms with Gasteiger partial charge in [-0.1, -0.05) is 37.0 Å². The van der Waals surface area contributed by atoms with Crippen molar-refractivity contribution < 1.29 is 0 Å². The van der Waals surface area contributed by atoms with E-state index in [1.54, 1.807) is 6.07 Å². The van der Waals surface area contributed by atoms with Crippen molar-refractivity contribution >= 4 is 29.0 Å². The van der Waals surface area contributed by atoms with Crippen LogP contribution in [0, 0.1) is 0 Å². The monoisotopic (exact) mass is 309 g/mol. The van der Waals surface area contributed by atoms with Crippen LogP contribution in [0.4, 0.5) is 5.82 Å². The van der Waals surface area contributed by atoms with Crippen molar-refractivity contribution in [1.29, 1.82) is 0 Å². The van der Waals surface area contributed by atoms with Gasteiger partial charge in [0, 0.05) is 29.1 Å². The summed E-state index contributed by atoms with van der Waals surface area (Å²) in [5.41, 5.74) is 1.67. The van der Waals surface area contributed by atoms with Crippen molar-refractivity contribution in [2.45, 2.75) is 26.7 Å². The molecule has 3 nitrogen and oxygen atoms in total. The molecular weight excluding hydrogens is 293 g/mol. The lowest BCUT2D eigenvalue weighted by Crippen LogP contribution is -2.06. The van der Waals surface area contributed by atoms with Gasteiger partial charge in [-0.2, -0.15) is 0 Å². The fourth-order valence-electron chi connectivity index (χ4n) is 1.83. The second kappa shape index (κ2) is 6.42. The van der Waals surface area contributed by atoms with Crippen molar-refractivity contribution in [2.75, 3.05) is 11.9 Å². The van der Waals surface area contributed by atoms with E-state index in [-0.39, 0.29) is 5.92 Å². The quantitative estimate of drug-likeness (QED) is 0.863. The molecule has 0 fully saturated rings. The molecule has 0 amide bonds. The number of aromatic nitrogens is 2. The maximum absolute atomic E-state index is 6.26. The highest BCUT2D eigenvalue weighted by Crippen LogP contribution is 2.30. The number of nitrogens with zero attached hydrogens (tertiary/aromatic N) is 2. The number of benzene rings is 1. The van der Waals surface area contributed by atoms with E-state index in [0.29, 0.717) is 10.0 Å². The van der Waals surface area contributed by atoms with E-state index in [4.69, 9.17) is 23.2 Å². The zero-order valence-corrected chi connectivity index (χ0v) is 13.3. The highest BCUT2D eigenvalue weighted by Gasteiger charge is 2.12. The molecule has 1 aromatic carbocycles. The third-order valence-corrected chi connectivity index (χ3v) is 3.37. The molecule has 1 aromatic heterocycles. The average Bonchev–Trinajstić information content (AvgIpc) is 2.38. The Hall–Kier alpha value is -1.32. The van der Waals surface area contributed by atoms with Crippen LogP contribution in [0.25, 0.3) is 11.3 Å². The fourth-order valence-corrected chi connectivity index (χ4v) is 2.34. The first-order valence-electron chi connectivity index (χ1n) is 6.59. The number of rotatable bonds is 4. The van der Waals surface area contributed by atoms with Gasteiger partial charge in [-0.3, -0.25) is 0 Å². The van der Waals surface area contributed by atoms with E-state index in [1.165, 1.54) is 0 Å². The van der Waals surface area contributed by atoms with E-state index in [1.807, 2.05) is 25.1 Å². The van der Waals surface area contributed by atoms with Crippen molar-refractivity contribution in [3.05, 3.63) is 40.1 Å². The molecule has 1 heterocycles. The molecule has 0 aliphatic heterocycles. The maximum atomic E-state index is 6.26. The molecule has 0 saturated carbocycles. The van der Waals surface area contributed by atoms with Crippen LogP contribution in [0.3, 0.4) is 0 Å². The molecule has 2 aromatic rings. The minimum atomic E-state index is 0.249. The predicted octanol–water partition coefficient (Wildman–Crippen LogP) is 5.01. The lowest BCUT2D eigenvalue weighted by molar-refractivity contribution is 0.776. The van der Waals surface area contributed by atoms with Crippen LogP contribution >= 0.6 is 23.2 Å². The zero-order valence-electron chi connectivity index (χ0n) is 11.7. The lowest BCUT2D eigenvalue weighted by atomic mass is 10.1. The minimum Gasteiger partial charge on any atom is -0.370 e. The smallest absolute Gasteiger partial charge is 0.133 e. The van der Waals surface area contributed by atoms with Gasteiger partial charge in [0.05, 0.1) is 10.7 Å². The highest BCUT2D eigenvalue weighted by atomic mass is 35.5. The van der Waals surface area contributed by atoms with Gasteiger partial charge >= 0.3 is 0 Å². The summed E-state index contributed by atoms with van der Waals surface area (Å²) in [5.74, 6) is 1.86. The Morgan fingerprint density at radius 1 is 1.15 bits per heavy atom. The maximum Gasteiger partial charge on any atom is 0.133 e. The normalized spacial score (nSPS) is 10.9. The molecule has 0 atom stereocenters. The van der Waals surface area contributed by atoms with Gasteiger partial charge in [0.15, 0.2) is 0 Å². The first kappa shape index (κ1) is 15.1. The van der Waals surface area contributed by atoms with E-state index in [2.05, 4.69) is 29.1 Å². The Kier molecular flexibility index (Phi) is 4.84. The first-order chi connectivity index (χ1) is 9.51. The molecule has 5 heteroatoms. The Morgan fingerprint density at radius 2 is 1.90 bits per heavy atom. The van der Waals surface area contributed by atoms with E-state index < -0.39 is 0 Å². The zero-order chi connectivity index (χ0) is 14.7. The second-order valence-electron chi connectivity index (χ2n) is 4.81. The van der Waals surface area contributed by atoms with Crippen LogP contribution in [0.15, 0.2) is 24.3 Å². The lowest BCUT2D eigenvalue weighted by Gasteiger charge is -2.12. The van der Waals surface area contributed by atoms with Crippen molar-refractivity contribution in [3.8, 4) is 11.3 Å². The van der Waals surface area contributed by atoms with Gasteiger partial charge in [0.1, 0.15) is 11.6 Å². The largest absolute Gasteiger partial charge is 0.370 e. The van der Waals surface area contributed by atoms with Gasteiger partial charge < -0.3 is 5.32 Å². The van der Waals surface area contributed by atoms with E-state index in [9.17, 15) is 0 Å². The fraction of sp³-hybridized carbons (Fsp3) is 0.333. The number of anilines is 1. The summed E-state index contributed by atoms with van der Waals surface area (Å²) < 4.78 is 0. The summed E-state index contributed by atoms with van der Waals surface area (Å²) in [6.07, 6.45) is 0.